The van der Waals surface area contributed by atoms with Gasteiger partial charge in [-0.1, -0.05) is 0 Å². The van der Waals surface area contributed by atoms with E-state index >= 15 is 0 Å². The fourth-order valence-corrected chi connectivity index (χ4v) is 2.12. The van der Waals surface area contributed by atoms with Gasteiger partial charge in [-0.3, -0.25) is 8.86 Å². The minimum Gasteiger partial charge on any atom is -0.476 e. The van der Waals surface area contributed by atoms with Gasteiger partial charge in [-0.25, -0.2) is 9.19 Å². The van der Waals surface area contributed by atoms with E-state index in [1.807, 2.05) is 6.92 Å². The van der Waals surface area contributed by atoms with Crippen LogP contribution in [0.4, 0.5) is 5.69 Å². The molecule has 0 aliphatic rings. The van der Waals surface area contributed by atoms with E-state index in [9.17, 15) is 8.76 Å². The van der Waals surface area contributed by atoms with Gasteiger partial charge in [0.15, 0.2) is 0 Å². The largest absolute Gasteiger partial charge is 0.476 e. The van der Waals surface area contributed by atoms with Gasteiger partial charge in [0.05, 0.1) is 6.61 Å². The fraction of sp³-hybridized carbons (Fsp3) is 0.444. The molecular formula is C9H14BrN3O3S. The van der Waals surface area contributed by atoms with Crippen molar-refractivity contribution in [2.75, 3.05) is 24.0 Å². The van der Waals surface area contributed by atoms with Crippen LogP contribution in [0.1, 0.15) is 6.92 Å². The molecule has 0 aliphatic carbocycles. The number of halogens is 1. The van der Waals surface area contributed by atoms with Crippen LogP contribution in [0.2, 0.25) is 0 Å². The van der Waals surface area contributed by atoms with Crippen LogP contribution in [0.15, 0.2) is 16.7 Å². The van der Waals surface area contributed by atoms with Crippen molar-refractivity contribution in [3.63, 3.8) is 0 Å². The highest BCUT2D eigenvalue weighted by atomic mass is 79.9. The molecule has 8 heteroatoms. The highest BCUT2D eigenvalue weighted by Gasteiger charge is 2.18. The summed E-state index contributed by atoms with van der Waals surface area (Å²) in [5.74, 6) is 0.312. The second-order valence-electron chi connectivity index (χ2n) is 3.03. The topological polar surface area (TPSA) is 88.7 Å². The van der Waals surface area contributed by atoms with E-state index < -0.39 is 11.3 Å². The Morgan fingerprint density at radius 3 is 2.94 bits per heavy atom. The Kier molecular flexibility index (Phi) is 5.83. The maximum atomic E-state index is 11.2. The van der Waals surface area contributed by atoms with Gasteiger partial charge in [0.25, 0.3) is 11.3 Å². The molecule has 1 aromatic rings. The molecule has 6 nitrogen and oxygen atoms in total. The molecule has 0 spiro atoms. The maximum absolute atomic E-state index is 11.2. The molecular weight excluding hydrogens is 310 g/mol. The van der Waals surface area contributed by atoms with E-state index in [0.717, 1.165) is 0 Å². The average Bonchev–Trinajstić information content (AvgIpc) is 2.28. The summed E-state index contributed by atoms with van der Waals surface area (Å²) in [6, 6.07) is 1.67. The van der Waals surface area contributed by atoms with Crippen LogP contribution in [-0.4, -0.2) is 33.4 Å². The Bertz CT molecular complexity index is 405. The molecule has 0 saturated heterocycles. The Morgan fingerprint density at radius 1 is 1.71 bits per heavy atom. The van der Waals surface area contributed by atoms with Crippen LogP contribution in [0.25, 0.3) is 0 Å². The van der Waals surface area contributed by atoms with E-state index in [2.05, 4.69) is 20.9 Å². The molecule has 0 bridgehead atoms. The molecule has 1 heterocycles. The Morgan fingerprint density at radius 2 is 2.41 bits per heavy atom. The first-order valence-corrected chi connectivity index (χ1v) is 6.82. The van der Waals surface area contributed by atoms with Gasteiger partial charge in [-0.05, 0) is 28.9 Å². The maximum Gasteiger partial charge on any atom is 0.262 e. The second-order valence-corrected chi connectivity index (χ2v) is 4.85. The highest BCUT2D eigenvalue weighted by molar-refractivity contribution is 9.10. The molecule has 3 N–H and O–H groups in total. The number of anilines is 1. The van der Waals surface area contributed by atoms with Crippen molar-refractivity contribution in [2.45, 2.75) is 6.92 Å². The molecule has 0 aliphatic heterocycles. The highest BCUT2D eigenvalue weighted by Crippen LogP contribution is 2.29. The Labute approximate surface area is 111 Å². The van der Waals surface area contributed by atoms with Crippen LogP contribution in [0, 0.1) is 0 Å². The minimum absolute atomic E-state index is 0.237. The van der Waals surface area contributed by atoms with Gasteiger partial charge in [0.2, 0.25) is 5.88 Å². The first-order valence-electron chi connectivity index (χ1n) is 4.97. The molecule has 0 saturated carbocycles. The summed E-state index contributed by atoms with van der Waals surface area (Å²) in [6.07, 6.45) is 1.56. The van der Waals surface area contributed by atoms with Crippen LogP contribution >= 0.6 is 15.9 Å². The van der Waals surface area contributed by atoms with E-state index in [4.69, 9.17) is 10.5 Å². The summed E-state index contributed by atoms with van der Waals surface area (Å²) in [7, 11) is 0. The molecule has 0 fully saturated rings. The van der Waals surface area contributed by atoms with Gasteiger partial charge >= 0.3 is 0 Å². The molecule has 0 aromatic carbocycles. The van der Waals surface area contributed by atoms with Crippen LogP contribution in [0.3, 0.4) is 0 Å². The third-order valence-electron chi connectivity index (χ3n) is 1.87. The third kappa shape index (κ3) is 3.91. The minimum atomic E-state index is -2.16. The van der Waals surface area contributed by atoms with E-state index in [1.165, 1.54) is 4.31 Å². The zero-order chi connectivity index (χ0) is 12.8. The Balaban J connectivity index is 3.14. The summed E-state index contributed by atoms with van der Waals surface area (Å²) in [4.78, 5) is 4.06. The zero-order valence-electron chi connectivity index (χ0n) is 9.30. The lowest BCUT2D eigenvalue weighted by Crippen LogP contribution is -2.31. The van der Waals surface area contributed by atoms with Gasteiger partial charge < -0.3 is 10.5 Å². The van der Waals surface area contributed by atoms with Gasteiger partial charge in [0, 0.05) is 23.8 Å². The predicted molar refractivity (Wildman–Crippen MR) is 70.3 cm³/mol. The van der Waals surface area contributed by atoms with Crippen molar-refractivity contribution in [3.05, 3.63) is 16.7 Å². The molecule has 1 unspecified atom stereocenters. The van der Waals surface area contributed by atoms with Crippen molar-refractivity contribution in [1.29, 1.82) is 0 Å². The number of rotatable bonds is 6. The summed E-state index contributed by atoms with van der Waals surface area (Å²) < 4.78 is 27.7. The molecule has 96 valence electrons. The summed E-state index contributed by atoms with van der Waals surface area (Å²) in [6.45, 7) is 2.73. The van der Waals surface area contributed by atoms with Crippen molar-refractivity contribution < 1.29 is 13.5 Å². The SMILES string of the molecule is CCOc1ncc(Br)cc1N(CCN)S(=O)O. The zero-order valence-corrected chi connectivity index (χ0v) is 11.7. The number of ether oxygens (including phenoxy) is 1. The average molecular weight is 324 g/mol. The number of hydrogen-bond acceptors (Lipinski definition) is 4. The fourth-order valence-electron chi connectivity index (χ4n) is 1.24. The van der Waals surface area contributed by atoms with Crippen molar-refractivity contribution in [2.24, 2.45) is 5.73 Å². The Hall–Kier alpha value is -0.700. The number of nitrogens with zero attached hydrogens (tertiary/aromatic N) is 2. The molecule has 17 heavy (non-hydrogen) atoms. The van der Waals surface area contributed by atoms with E-state index in [0.29, 0.717) is 22.6 Å². The smallest absolute Gasteiger partial charge is 0.262 e. The van der Waals surface area contributed by atoms with Crippen LogP contribution in [0.5, 0.6) is 5.88 Å². The van der Waals surface area contributed by atoms with Crippen molar-refractivity contribution in [1.82, 2.24) is 4.98 Å². The third-order valence-corrected chi connectivity index (χ3v) is 3.06. The monoisotopic (exact) mass is 323 g/mol. The first kappa shape index (κ1) is 14.4. The second kappa shape index (κ2) is 6.90. The molecule has 1 atom stereocenters. The molecule has 0 amide bonds. The van der Waals surface area contributed by atoms with E-state index in [-0.39, 0.29) is 13.1 Å². The number of pyridine rings is 1. The summed E-state index contributed by atoms with van der Waals surface area (Å²) >= 11 is 1.10. The molecule has 0 radical (unpaired) electrons. The van der Waals surface area contributed by atoms with Gasteiger partial charge in [0.1, 0.15) is 5.69 Å². The first-order chi connectivity index (χ1) is 8.10. The van der Waals surface area contributed by atoms with Gasteiger partial charge in [-0.2, -0.15) is 0 Å². The normalized spacial score (nSPS) is 12.2. The quantitative estimate of drug-likeness (QED) is 0.766. The molecule has 1 rings (SSSR count). The van der Waals surface area contributed by atoms with Gasteiger partial charge in [-0.15, -0.1) is 0 Å². The lowest BCUT2D eigenvalue weighted by molar-refractivity contribution is 0.327. The van der Waals surface area contributed by atoms with Crippen LogP contribution in [-0.2, 0) is 11.3 Å². The number of hydrogen-bond donors (Lipinski definition) is 2. The lowest BCUT2D eigenvalue weighted by Gasteiger charge is -2.21. The number of aromatic nitrogens is 1. The predicted octanol–water partition coefficient (Wildman–Crippen LogP) is 1.14. The van der Waals surface area contributed by atoms with E-state index in [1.54, 1.807) is 12.3 Å². The van der Waals surface area contributed by atoms with Crippen molar-refractivity contribution >= 4 is 32.9 Å². The van der Waals surface area contributed by atoms with Crippen LogP contribution < -0.4 is 14.8 Å². The summed E-state index contributed by atoms with van der Waals surface area (Å²) in [5.41, 5.74) is 5.84. The standard InChI is InChI=1S/C9H14BrN3O3S/c1-2-16-9-8(5-7(10)6-12-9)13(4-3-11)17(14)15/h5-6H,2-4,11H2,1H3,(H,14,15). The summed E-state index contributed by atoms with van der Waals surface area (Å²) in [5, 5.41) is 0. The number of nitrogens with two attached hydrogens (primary N) is 1. The van der Waals surface area contributed by atoms with Crippen molar-refractivity contribution in [3.8, 4) is 5.88 Å². The molecule has 1 aromatic heterocycles. The lowest BCUT2D eigenvalue weighted by atomic mass is 10.4.